The quantitative estimate of drug-likeness (QED) is 0.800. The maximum absolute atomic E-state index is 11.4. The Morgan fingerprint density at radius 3 is 2.69 bits per heavy atom. The van der Waals surface area contributed by atoms with Crippen molar-refractivity contribution >= 4 is 32.7 Å². The molecule has 16 heavy (non-hydrogen) atoms. The molecular formula is C12H13BrN2O. The number of aromatic nitrogens is 2. The summed E-state index contributed by atoms with van der Waals surface area (Å²) in [6.45, 7) is 5.77. The third-order valence-electron chi connectivity index (χ3n) is 2.61. The molecule has 2 rings (SSSR count). The number of hydrogen-bond acceptors (Lipinski definition) is 2. The molecule has 0 saturated carbocycles. The fourth-order valence-corrected chi connectivity index (χ4v) is 2.57. The molecule has 0 atom stereocenters. The second-order valence-corrected chi connectivity index (χ2v) is 5.02. The Balaban J connectivity index is 2.74. The molecule has 0 amide bonds. The first-order valence-electron chi connectivity index (χ1n) is 5.19. The van der Waals surface area contributed by atoms with E-state index in [4.69, 9.17) is 0 Å². The Kier molecular flexibility index (Phi) is 2.84. The summed E-state index contributed by atoms with van der Waals surface area (Å²) in [5.74, 6) is 0.348. The lowest BCUT2D eigenvalue weighted by atomic mass is 10.0. The topological polar surface area (TPSA) is 34.9 Å². The van der Waals surface area contributed by atoms with E-state index < -0.39 is 0 Å². The zero-order valence-corrected chi connectivity index (χ0v) is 11.1. The Morgan fingerprint density at radius 2 is 2.12 bits per heavy atom. The Bertz CT molecular complexity index is 557. The summed E-state index contributed by atoms with van der Waals surface area (Å²) < 4.78 is 2.51. The van der Waals surface area contributed by atoms with E-state index in [9.17, 15) is 4.79 Å². The summed E-state index contributed by atoms with van der Waals surface area (Å²) >= 11 is 3.54. The molecule has 0 N–H and O–H groups in total. The molecule has 2 aromatic rings. The molecule has 0 aliphatic heterocycles. The highest BCUT2D eigenvalue weighted by atomic mass is 79.9. The van der Waals surface area contributed by atoms with Crippen molar-refractivity contribution in [2.45, 2.75) is 26.7 Å². The third kappa shape index (κ3) is 1.78. The lowest BCUT2D eigenvalue weighted by Gasteiger charge is -2.09. The van der Waals surface area contributed by atoms with Gasteiger partial charge < -0.3 is 0 Å². The van der Waals surface area contributed by atoms with Crippen molar-refractivity contribution in [1.29, 1.82) is 0 Å². The predicted octanol–water partition coefficient (Wildman–Crippen LogP) is 3.58. The second-order valence-electron chi connectivity index (χ2n) is 4.16. The zero-order chi connectivity index (χ0) is 11.9. The van der Waals surface area contributed by atoms with Gasteiger partial charge in [-0.2, -0.15) is 5.10 Å². The van der Waals surface area contributed by atoms with Gasteiger partial charge in [-0.15, -0.1) is 0 Å². The summed E-state index contributed by atoms with van der Waals surface area (Å²) in [5, 5.41) is 5.06. The van der Waals surface area contributed by atoms with Crippen molar-refractivity contribution in [3.63, 3.8) is 0 Å². The summed E-state index contributed by atoms with van der Waals surface area (Å²) in [4.78, 5) is 11.4. The van der Waals surface area contributed by atoms with Crippen molar-refractivity contribution in [2.24, 2.45) is 0 Å². The monoisotopic (exact) mass is 280 g/mol. The summed E-state index contributed by atoms with van der Waals surface area (Å²) in [6, 6.07) is 4.04. The van der Waals surface area contributed by atoms with Crippen LogP contribution in [-0.2, 0) is 0 Å². The van der Waals surface area contributed by atoms with Gasteiger partial charge in [-0.1, -0.05) is 29.8 Å². The Morgan fingerprint density at radius 1 is 1.44 bits per heavy atom. The molecule has 1 heterocycles. The van der Waals surface area contributed by atoms with Gasteiger partial charge in [-0.05, 0) is 23.6 Å². The van der Waals surface area contributed by atoms with Crippen LogP contribution >= 0.6 is 15.9 Å². The molecular weight excluding hydrogens is 268 g/mol. The maximum Gasteiger partial charge on any atom is 0.244 e. The number of hydrogen-bond donors (Lipinski definition) is 0. The van der Waals surface area contributed by atoms with Gasteiger partial charge in [-0.3, -0.25) is 4.79 Å². The Labute approximate surface area is 103 Å². The molecule has 0 unspecified atom stereocenters. The van der Waals surface area contributed by atoms with Crippen molar-refractivity contribution in [3.8, 4) is 0 Å². The van der Waals surface area contributed by atoms with Crippen LogP contribution in [0.4, 0.5) is 0 Å². The van der Waals surface area contributed by atoms with E-state index in [0.29, 0.717) is 5.92 Å². The van der Waals surface area contributed by atoms with Crippen LogP contribution in [0.25, 0.3) is 10.9 Å². The number of fused-ring (bicyclic) bond motifs is 1. The molecule has 0 aliphatic rings. The molecule has 0 aliphatic carbocycles. The molecule has 0 radical (unpaired) electrons. The molecule has 0 spiro atoms. The average Bonchev–Trinajstić information content (AvgIpc) is 2.58. The van der Waals surface area contributed by atoms with Gasteiger partial charge in [0.2, 0.25) is 5.91 Å². The molecule has 84 valence electrons. The first kappa shape index (κ1) is 11.3. The number of benzene rings is 1. The van der Waals surface area contributed by atoms with Crippen LogP contribution in [0.5, 0.6) is 0 Å². The number of nitrogens with zero attached hydrogens (tertiary/aromatic N) is 2. The van der Waals surface area contributed by atoms with E-state index in [1.807, 2.05) is 12.1 Å². The first-order chi connectivity index (χ1) is 7.50. The molecule has 4 heteroatoms. The highest BCUT2D eigenvalue weighted by Gasteiger charge is 2.11. The minimum Gasteiger partial charge on any atom is -0.273 e. The summed E-state index contributed by atoms with van der Waals surface area (Å²) in [5.41, 5.74) is 2.06. The van der Waals surface area contributed by atoms with Crippen molar-refractivity contribution in [2.75, 3.05) is 0 Å². The molecule has 1 aromatic carbocycles. The number of carbonyl (C=O) groups excluding carboxylic acids is 1. The van der Waals surface area contributed by atoms with Crippen LogP contribution in [0.3, 0.4) is 0 Å². The van der Waals surface area contributed by atoms with Crippen LogP contribution in [0.15, 0.2) is 22.8 Å². The lowest BCUT2D eigenvalue weighted by Crippen LogP contribution is -2.07. The van der Waals surface area contributed by atoms with E-state index in [0.717, 1.165) is 15.4 Å². The van der Waals surface area contributed by atoms with Crippen LogP contribution in [0.2, 0.25) is 0 Å². The first-order valence-corrected chi connectivity index (χ1v) is 5.98. The normalized spacial score (nSPS) is 11.3. The van der Waals surface area contributed by atoms with Gasteiger partial charge in [0.25, 0.3) is 0 Å². The fourth-order valence-electron chi connectivity index (χ4n) is 1.76. The van der Waals surface area contributed by atoms with E-state index in [-0.39, 0.29) is 5.91 Å². The second kappa shape index (κ2) is 4.01. The number of halogens is 1. The molecule has 1 aromatic heterocycles. The number of carbonyl (C=O) groups is 1. The van der Waals surface area contributed by atoms with Crippen molar-refractivity contribution in [1.82, 2.24) is 9.78 Å². The van der Waals surface area contributed by atoms with Crippen molar-refractivity contribution in [3.05, 3.63) is 28.4 Å². The fraction of sp³-hybridized carbons (Fsp3) is 0.333. The summed E-state index contributed by atoms with van der Waals surface area (Å²) in [7, 11) is 0. The predicted molar refractivity (Wildman–Crippen MR) is 67.8 cm³/mol. The highest BCUT2D eigenvalue weighted by Crippen LogP contribution is 2.29. The average molecular weight is 281 g/mol. The number of rotatable bonds is 1. The van der Waals surface area contributed by atoms with Crippen LogP contribution in [0, 0.1) is 0 Å². The van der Waals surface area contributed by atoms with Gasteiger partial charge in [-0.25, -0.2) is 4.68 Å². The van der Waals surface area contributed by atoms with Gasteiger partial charge in [0, 0.05) is 16.8 Å². The molecule has 0 bridgehead atoms. The molecule has 0 saturated heterocycles. The zero-order valence-electron chi connectivity index (χ0n) is 9.49. The van der Waals surface area contributed by atoms with Crippen LogP contribution < -0.4 is 0 Å². The van der Waals surface area contributed by atoms with Crippen LogP contribution in [0.1, 0.15) is 37.0 Å². The Hall–Kier alpha value is -1.16. The standard InChI is InChI=1S/C12H13BrN2O/c1-7(2)10-5-12-9(4-11(10)13)6-14-15(12)8(3)16/h4-7H,1-3H3. The van der Waals surface area contributed by atoms with Gasteiger partial charge in [0.1, 0.15) is 0 Å². The highest BCUT2D eigenvalue weighted by molar-refractivity contribution is 9.10. The summed E-state index contributed by atoms with van der Waals surface area (Å²) in [6.07, 6.45) is 1.71. The van der Waals surface area contributed by atoms with Crippen molar-refractivity contribution < 1.29 is 4.79 Å². The lowest BCUT2D eigenvalue weighted by molar-refractivity contribution is 0.0927. The maximum atomic E-state index is 11.4. The van der Waals surface area contributed by atoms with E-state index >= 15 is 0 Å². The largest absolute Gasteiger partial charge is 0.273 e. The van der Waals surface area contributed by atoms with E-state index in [2.05, 4.69) is 34.9 Å². The van der Waals surface area contributed by atoms with E-state index in [1.165, 1.54) is 17.2 Å². The van der Waals surface area contributed by atoms with Crippen LogP contribution in [-0.4, -0.2) is 15.7 Å². The minimum atomic E-state index is -0.0629. The third-order valence-corrected chi connectivity index (χ3v) is 3.29. The molecule has 0 fully saturated rings. The van der Waals surface area contributed by atoms with Gasteiger partial charge >= 0.3 is 0 Å². The minimum absolute atomic E-state index is 0.0629. The smallest absolute Gasteiger partial charge is 0.244 e. The molecule has 3 nitrogen and oxygen atoms in total. The van der Waals surface area contributed by atoms with Gasteiger partial charge in [0.15, 0.2) is 0 Å². The van der Waals surface area contributed by atoms with E-state index in [1.54, 1.807) is 6.20 Å². The van der Waals surface area contributed by atoms with Gasteiger partial charge in [0.05, 0.1) is 11.7 Å². The SMILES string of the molecule is CC(=O)n1ncc2cc(Br)c(C(C)C)cc21.